The van der Waals surface area contributed by atoms with E-state index in [1.807, 2.05) is 26.8 Å². The Morgan fingerprint density at radius 1 is 1.35 bits per heavy atom. The Kier molecular flexibility index (Phi) is 9.47. The molecule has 0 bridgehead atoms. The van der Waals surface area contributed by atoms with Gasteiger partial charge < -0.3 is 14.7 Å². The SMILES string of the molecule is CC.CCN(C)CCCOc1ccc(C)cc1C(=O)O. The lowest BCUT2D eigenvalue weighted by Crippen LogP contribution is -2.20. The summed E-state index contributed by atoms with van der Waals surface area (Å²) in [5, 5.41) is 9.08. The second-order valence-corrected chi connectivity index (χ2v) is 4.40. The third-order valence-corrected chi connectivity index (χ3v) is 2.85. The molecular weight excluding hydrogens is 254 g/mol. The van der Waals surface area contributed by atoms with E-state index in [-0.39, 0.29) is 5.56 Å². The monoisotopic (exact) mass is 281 g/mol. The number of aromatic carboxylic acids is 1. The van der Waals surface area contributed by atoms with Crippen LogP contribution in [0.25, 0.3) is 0 Å². The third-order valence-electron chi connectivity index (χ3n) is 2.85. The van der Waals surface area contributed by atoms with Crippen molar-refractivity contribution < 1.29 is 14.6 Å². The lowest BCUT2D eigenvalue weighted by molar-refractivity contribution is 0.0692. The minimum absolute atomic E-state index is 0.235. The highest BCUT2D eigenvalue weighted by molar-refractivity contribution is 5.91. The zero-order valence-corrected chi connectivity index (χ0v) is 13.3. The van der Waals surface area contributed by atoms with Gasteiger partial charge in [-0.05, 0) is 39.1 Å². The zero-order valence-electron chi connectivity index (χ0n) is 13.3. The number of carboxylic acid groups (broad SMARTS) is 1. The molecule has 0 fully saturated rings. The average molecular weight is 281 g/mol. The van der Waals surface area contributed by atoms with E-state index in [1.165, 1.54) is 0 Å². The highest BCUT2D eigenvalue weighted by Gasteiger charge is 2.11. The Balaban J connectivity index is 0.00000172. The van der Waals surface area contributed by atoms with Crippen molar-refractivity contribution in [3.05, 3.63) is 29.3 Å². The molecule has 4 nitrogen and oxygen atoms in total. The fraction of sp³-hybridized carbons (Fsp3) is 0.562. The van der Waals surface area contributed by atoms with E-state index in [0.717, 1.165) is 25.1 Å². The molecule has 0 radical (unpaired) electrons. The largest absolute Gasteiger partial charge is 0.493 e. The first-order valence-electron chi connectivity index (χ1n) is 7.20. The molecule has 0 aliphatic rings. The predicted molar refractivity (Wildman–Crippen MR) is 82.8 cm³/mol. The maximum atomic E-state index is 11.1. The van der Waals surface area contributed by atoms with E-state index in [9.17, 15) is 4.79 Å². The molecule has 0 amide bonds. The topological polar surface area (TPSA) is 49.8 Å². The van der Waals surface area contributed by atoms with Crippen LogP contribution in [0.4, 0.5) is 0 Å². The zero-order chi connectivity index (χ0) is 15.5. The van der Waals surface area contributed by atoms with Crippen LogP contribution in [-0.2, 0) is 0 Å². The third kappa shape index (κ3) is 6.57. The highest BCUT2D eigenvalue weighted by Crippen LogP contribution is 2.20. The summed E-state index contributed by atoms with van der Waals surface area (Å²) < 4.78 is 5.54. The van der Waals surface area contributed by atoms with Crippen LogP contribution < -0.4 is 4.74 Å². The maximum Gasteiger partial charge on any atom is 0.339 e. The number of hydrogen-bond acceptors (Lipinski definition) is 3. The molecule has 0 unspecified atom stereocenters. The molecule has 4 heteroatoms. The van der Waals surface area contributed by atoms with Crippen LogP contribution in [0.2, 0.25) is 0 Å². The molecule has 1 N–H and O–H groups in total. The molecule has 1 rings (SSSR count). The molecule has 20 heavy (non-hydrogen) atoms. The van der Waals surface area contributed by atoms with E-state index in [4.69, 9.17) is 9.84 Å². The highest BCUT2D eigenvalue weighted by atomic mass is 16.5. The van der Waals surface area contributed by atoms with Gasteiger partial charge in [0, 0.05) is 6.54 Å². The molecule has 0 aromatic heterocycles. The van der Waals surface area contributed by atoms with Gasteiger partial charge in [0.1, 0.15) is 11.3 Å². The van der Waals surface area contributed by atoms with E-state index >= 15 is 0 Å². The Morgan fingerprint density at radius 2 is 2.00 bits per heavy atom. The average Bonchev–Trinajstić information content (AvgIpc) is 2.46. The van der Waals surface area contributed by atoms with Gasteiger partial charge in [0.15, 0.2) is 0 Å². The summed E-state index contributed by atoms with van der Waals surface area (Å²) in [4.78, 5) is 13.3. The van der Waals surface area contributed by atoms with Crippen LogP contribution in [0.3, 0.4) is 0 Å². The first-order valence-corrected chi connectivity index (χ1v) is 7.20. The number of rotatable bonds is 7. The van der Waals surface area contributed by atoms with Gasteiger partial charge in [-0.25, -0.2) is 4.79 Å². The lowest BCUT2D eigenvalue weighted by Gasteiger charge is -2.14. The van der Waals surface area contributed by atoms with Crippen molar-refractivity contribution in [2.75, 3.05) is 26.7 Å². The number of carboxylic acids is 1. The van der Waals surface area contributed by atoms with Gasteiger partial charge in [0.25, 0.3) is 0 Å². The first kappa shape index (κ1) is 18.4. The number of benzene rings is 1. The van der Waals surface area contributed by atoms with Crippen molar-refractivity contribution in [2.24, 2.45) is 0 Å². The molecule has 0 spiro atoms. The number of carbonyl (C=O) groups is 1. The normalized spacial score (nSPS) is 9.90. The summed E-state index contributed by atoms with van der Waals surface area (Å²) in [6.07, 6.45) is 0.886. The minimum atomic E-state index is -0.945. The van der Waals surface area contributed by atoms with Gasteiger partial charge in [-0.15, -0.1) is 0 Å². The summed E-state index contributed by atoms with van der Waals surface area (Å²) in [6, 6.07) is 5.22. The minimum Gasteiger partial charge on any atom is -0.493 e. The van der Waals surface area contributed by atoms with Crippen LogP contribution >= 0.6 is 0 Å². The fourth-order valence-electron chi connectivity index (χ4n) is 1.61. The second-order valence-electron chi connectivity index (χ2n) is 4.40. The van der Waals surface area contributed by atoms with E-state index in [0.29, 0.717) is 12.4 Å². The lowest BCUT2D eigenvalue weighted by atomic mass is 10.1. The molecule has 1 aromatic carbocycles. The van der Waals surface area contributed by atoms with Crippen molar-refractivity contribution >= 4 is 5.97 Å². The quantitative estimate of drug-likeness (QED) is 0.778. The molecule has 1 aromatic rings. The fourth-order valence-corrected chi connectivity index (χ4v) is 1.61. The van der Waals surface area contributed by atoms with Crippen molar-refractivity contribution in [2.45, 2.75) is 34.1 Å². The van der Waals surface area contributed by atoms with Gasteiger partial charge in [-0.3, -0.25) is 0 Å². The Hall–Kier alpha value is -1.55. The van der Waals surface area contributed by atoms with Gasteiger partial charge in [-0.1, -0.05) is 32.4 Å². The van der Waals surface area contributed by atoms with Gasteiger partial charge >= 0.3 is 5.97 Å². The smallest absolute Gasteiger partial charge is 0.339 e. The summed E-state index contributed by atoms with van der Waals surface area (Å²) in [5.41, 5.74) is 1.16. The van der Waals surface area contributed by atoms with E-state index in [1.54, 1.807) is 12.1 Å². The maximum absolute atomic E-state index is 11.1. The summed E-state index contributed by atoms with van der Waals surface area (Å²) in [6.45, 7) is 10.5. The van der Waals surface area contributed by atoms with E-state index in [2.05, 4.69) is 18.9 Å². The van der Waals surface area contributed by atoms with Gasteiger partial charge in [-0.2, -0.15) is 0 Å². The number of aryl methyl sites for hydroxylation is 1. The molecule has 0 atom stereocenters. The standard InChI is InChI=1S/C14H21NO3.C2H6/c1-4-15(3)8-5-9-18-13-7-6-11(2)10-12(13)14(16)17;1-2/h6-7,10H,4-5,8-9H2,1-3H3,(H,16,17);1-2H3. The molecule has 0 saturated heterocycles. The van der Waals surface area contributed by atoms with Crippen LogP contribution in [0.1, 0.15) is 43.1 Å². The van der Waals surface area contributed by atoms with Gasteiger partial charge in [0.05, 0.1) is 6.61 Å². The Morgan fingerprint density at radius 3 is 2.55 bits per heavy atom. The Bertz CT molecular complexity index is 405. The first-order chi connectivity index (χ1) is 9.54. The number of hydrogen-bond donors (Lipinski definition) is 1. The van der Waals surface area contributed by atoms with Crippen LogP contribution in [-0.4, -0.2) is 42.7 Å². The van der Waals surface area contributed by atoms with E-state index < -0.39 is 5.97 Å². The second kappa shape index (κ2) is 10.3. The summed E-state index contributed by atoms with van der Waals surface area (Å²) in [7, 11) is 2.05. The predicted octanol–water partition coefficient (Wildman–Crippen LogP) is 3.44. The van der Waals surface area contributed by atoms with Crippen LogP contribution in [0, 0.1) is 6.92 Å². The van der Waals surface area contributed by atoms with Crippen molar-refractivity contribution in [3.8, 4) is 5.75 Å². The Labute approximate surface area is 122 Å². The van der Waals surface area contributed by atoms with Crippen molar-refractivity contribution in [1.82, 2.24) is 4.90 Å². The molecule has 0 heterocycles. The van der Waals surface area contributed by atoms with Crippen molar-refractivity contribution in [1.29, 1.82) is 0 Å². The van der Waals surface area contributed by atoms with Crippen LogP contribution in [0.5, 0.6) is 5.75 Å². The van der Waals surface area contributed by atoms with Crippen LogP contribution in [0.15, 0.2) is 18.2 Å². The summed E-state index contributed by atoms with van der Waals surface area (Å²) >= 11 is 0. The molecule has 114 valence electrons. The molecule has 0 aliphatic carbocycles. The molecule has 0 saturated carbocycles. The summed E-state index contributed by atoms with van der Waals surface area (Å²) in [5.74, 6) is -0.494. The number of ether oxygens (including phenoxy) is 1. The number of nitrogens with zero attached hydrogens (tertiary/aromatic N) is 1. The van der Waals surface area contributed by atoms with Gasteiger partial charge in [0.2, 0.25) is 0 Å². The van der Waals surface area contributed by atoms with Crippen molar-refractivity contribution in [3.63, 3.8) is 0 Å². The molecular formula is C16H27NO3. The molecule has 0 aliphatic heterocycles.